The van der Waals surface area contributed by atoms with Crippen molar-refractivity contribution in [3.05, 3.63) is 0 Å². The minimum atomic E-state index is -3.67. The molecule has 0 fully saturated rings. The Labute approximate surface area is 76.2 Å². The second-order valence-electron chi connectivity index (χ2n) is 0.247. The van der Waals surface area contributed by atoms with E-state index in [1.165, 1.54) is 0 Å². The molecule has 0 aromatic rings. The van der Waals surface area contributed by atoms with E-state index >= 15 is 0 Å². The van der Waals surface area contributed by atoms with E-state index in [4.69, 9.17) is 0 Å². The van der Waals surface area contributed by atoms with Crippen molar-refractivity contribution in [2.45, 2.75) is 0 Å². The van der Waals surface area contributed by atoms with Crippen LogP contribution in [-0.4, -0.2) is 13.0 Å². The normalized spacial score (nSPS) is 4.50. The van der Waals surface area contributed by atoms with Crippen molar-refractivity contribution in [1.29, 1.82) is 0 Å². The molecule has 0 aliphatic heterocycles. The van der Waals surface area contributed by atoms with Crippen LogP contribution in [0.5, 0.6) is 0 Å². The minimum Gasteiger partial charge on any atom is -0.870 e. The van der Waals surface area contributed by atoms with Gasteiger partial charge in [-0.25, -0.2) is 0 Å². The Bertz CT molecular complexity index is 15.5. The van der Waals surface area contributed by atoms with Gasteiger partial charge < -0.3 is 5.48 Å². The molecule has 0 aromatic carbocycles. The fourth-order valence-corrected chi connectivity index (χ4v) is 0. The summed E-state index contributed by atoms with van der Waals surface area (Å²) in [5.41, 5.74) is 0. The third kappa shape index (κ3) is 51.3. The molecule has 0 aromatic heterocycles. The first-order valence-corrected chi connectivity index (χ1v) is 0.655. The first-order valence-electron chi connectivity index (χ1n) is 0.655. The van der Waals surface area contributed by atoms with E-state index < -0.39 is 7.54 Å². The molecule has 0 heterocycles. The van der Waals surface area contributed by atoms with E-state index in [0.717, 1.165) is 0 Å². The Balaban J connectivity index is -0.0000000450. The fraction of sp³-hybridized carbons (Fsp3) is 0. The topological polar surface area (TPSA) is 30.0 Å². The SMILES string of the molecule is FB(F)F.[K+].[OH-]. The van der Waals surface area contributed by atoms with Gasteiger partial charge in [0, 0.05) is 0 Å². The Morgan fingerprint density at radius 1 is 1.00 bits per heavy atom. The Hall–Kier alpha value is 1.45. The molecular formula is HBF3KO. The molecule has 0 aliphatic rings. The predicted octanol–water partition coefficient (Wildman–Crippen LogP) is -2.29. The molecule has 0 saturated heterocycles. The third-order valence-electron chi connectivity index (χ3n) is 0. The molecule has 6 heavy (non-hydrogen) atoms. The zero-order chi connectivity index (χ0) is 3.58. The minimum absolute atomic E-state index is 0. The summed E-state index contributed by atoms with van der Waals surface area (Å²) in [5.74, 6) is 0. The van der Waals surface area contributed by atoms with Crippen LogP contribution in [0.25, 0.3) is 0 Å². The summed E-state index contributed by atoms with van der Waals surface area (Å²) in [6.07, 6.45) is 0. The van der Waals surface area contributed by atoms with Crippen LogP contribution in [0, 0.1) is 0 Å². The molecule has 0 amide bonds. The van der Waals surface area contributed by atoms with Crippen LogP contribution in [-0.2, 0) is 0 Å². The van der Waals surface area contributed by atoms with E-state index in [1.54, 1.807) is 0 Å². The van der Waals surface area contributed by atoms with Crippen LogP contribution in [0.2, 0.25) is 0 Å². The standard InChI is InChI=1S/BF3.K.H2O/c2-1(3)4;;/h;;1H2/q;+1;/p-1. The monoisotopic (exact) mass is 124 g/mol. The van der Waals surface area contributed by atoms with Crippen molar-refractivity contribution in [3.8, 4) is 0 Å². The van der Waals surface area contributed by atoms with Crippen LogP contribution in [0.4, 0.5) is 12.9 Å². The fourth-order valence-electron chi connectivity index (χ4n) is 0. The number of hydrogen-bond donors (Lipinski definition) is 0. The van der Waals surface area contributed by atoms with E-state index in [2.05, 4.69) is 0 Å². The van der Waals surface area contributed by atoms with Crippen molar-refractivity contribution in [2.24, 2.45) is 0 Å². The summed E-state index contributed by atoms with van der Waals surface area (Å²) < 4.78 is 29.0. The first-order chi connectivity index (χ1) is 1.73. The Kier molecular flexibility index (Phi) is 25.2. The molecular weight excluding hydrogens is 123 g/mol. The van der Waals surface area contributed by atoms with E-state index in [0.29, 0.717) is 0 Å². The van der Waals surface area contributed by atoms with Crippen LogP contribution in [0.15, 0.2) is 0 Å². The van der Waals surface area contributed by atoms with E-state index in [9.17, 15) is 12.9 Å². The van der Waals surface area contributed by atoms with Gasteiger partial charge in [0.15, 0.2) is 0 Å². The summed E-state index contributed by atoms with van der Waals surface area (Å²) in [6, 6.07) is 0. The van der Waals surface area contributed by atoms with Gasteiger partial charge in [-0.05, 0) is 0 Å². The molecule has 0 unspecified atom stereocenters. The van der Waals surface area contributed by atoms with Gasteiger partial charge >= 0.3 is 58.9 Å². The Morgan fingerprint density at radius 3 is 1.00 bits per heavy atom. The second-order valence-corrected chi connectivity index (χ2v) is 0.247. The zero-order valence-corrected chi connectivity index (χ0v) is 6.28. The molecule has 6 heteroatoms. The van der Waals surface area contributed by atoms with Gasteiger partial charge in [-0.1, -0.05) is 0 Å². The molecule has 0 aliphatic carbocycles. The summed E-state index contributed by atoms with van der Waals surface area (Å²) in [7, 11) is -3.67. The molecule has 0 rings (SSSR count). The quantitative estimate of drug-likeness (QED) is 0.334. The van der Waals surface area contributed by atoms with Crippen molar-refractivity contribution in [3.63, 3.8) is 0 Å². The zero-order valence-electron chi connectivity index (χ0n) is 3.16. The van der Waals surface area contributed by atoms with Crippen molar-refractivity contribution >= 4 is 7.54 Å². The number of hydrogen-bond acceptors (Lipinski definition) is 1. The van der Waals surface area contributed by atoms with Gasteiger partial charge in [-0.15, -0.1) is 0 Å². The molecule has 32 valence electrons. The van der Waals surface area contributed by atoms with Crippen LogP contribution in [0.3, 0.4) is 0 Å². The molecule has 1 N–H and O–H groups in total. The van der Waals surface area contributed by atoms with E-state index in [-0.39, 0.29) is 56.9 Å². The van der Waals surface area contributed by atoms with Crippen molar-refractivity contribution < 1.29 is 69.8 Å². The summed E-state index contributed by atoms with van der Waals surface area (Å²) in [4.78, 5) is 0. The largest absolute Gasteiger partial charge is 1.00 e. The molecule has 1 nitrogen and oxygen atoms in total. The smallest absolute Gasteiger partial charge is 0.870 e. The van der Waals surface area contributed by atoms with Gasteiger partial charge in [0.1, 0.15) is 0 Å². The predicted molar refractivity (Wildman–Crippen MR) is 11.0 cm³/mol. The number of halogens is 3. The molecule has 0 saturated carbocycles. The van der Waals surface area contributed by atoms with Crippen molar-refractivity contribution in [1.82, 2.24) is 0 Å². The maximum Gasteiger partial charge on any atom is 1.00 e. The molecule has 0 bridgehead atoms. The van der Waals surface area contributed by atoms with Gasteiger partial charge in [0.25, 0.3) is 0 Å². The van der Waals surface area contributed by atoms with Crippen molar-refractivity contribution in [2.75, 3.05) is 0 Å². The molecule has 0 radical (unpaired) electrons. The third-order valence-corrected chi connectivity index (χ3v) is 0. The molecule has 0 spiro atoms. The van der Waals surface area contributed by atoms with Gasteiger partial charge in [-0.2, -0.15) is 0 Å². The first kappa shape index (κ1) is 15.7. The average molecular weight is 124 g/mol. The van der Waals surface area contributed by atoms with Crippen LogP contribution < -0.4 is 51.4 Å². The molecule has 0 atom stereocenters. The second kappa shape index (κ2) is 9.68. The summed E-state index contributed by atoms with van der Waals surface area (Å²) in [6.45, 7) is 0. The van der Waals surface area contributed by atoms with Gasteiger partial charge in [0.2, 0.25) is 0 Å². The Morgan fingerprint density at radius 2 is 1.00 bits per heavy atom. The summed E-state index contributed by atoms with van der Waals surface area (Å²) >= 11 is 0. The number of rotatable bonds is 0. The van der Waals surface area contributed by atoms with Crippen LogP contribution in [0.1, 0.15) is 0 Å². The van der Waals surface area contributed by atoms with Gasteiger partial charge in [0.05, 0.1) is 0 Å². The van der Waals surface area contributed by atoms with E-state index in [1.807, 2.05) is 0 Å². The average Bonchev–Trinajstić information content (AvgIpc) is 0.811. The van der Waals surface area contributed by atoms with Crippen LogP contribution >= 0.6 is 0 Å². The summed E-state index contributed by atoms with van der Waals surface area (Å²) in [5, 5.41) is 0. The van der Waals surface area contributed by atoms with Gasteiger partial charge in [-0.3, -0.25) is 12.9 Å². The maximum absolute atomic E-state index is 9.67. The maximum atomic E-state index is 9.67.